The zero-order valence-corrected chi connectivity index (χ0v) is 14.1. The zero-order valence-electron chi connectivity index (χ0n) is 9.50. The van der Waals surface area contributed by atoms with Crippen LogP contribution < -0.4 is 0 Å². The highest BCUT2D eigenvalue weighted by Gasteiger charge is 2.19. The SMILES string of the molecule is O=S(=O)(Cl)c1cccc(-c2cc(Cl)c(Cl)cc2Cl)c1Cl. The Morgan fingerprint density at radius 1 is 0.800 bits per heavy atom. The third kappa shape index (κ3) is 3.19. The van der Waals surface area contributed by atoms with Crippen molar-refractivity contribution in [2.75, 3.05) is 0 Å². The Bertz CT molecular complexity index is 787. The van der Waals surface area contributed by atoms with Crippen molar-refractivity contribution in [3.05, 3.63) is 50.4 Å². The monoisotopic (exact) mass is 388 g/mol. The van der Waals surface area contributed by atoms with Gasteiger partial charge in [0.2, 0.25) is 0 Å². The molecule has 0 atom stereocenters. The lowest BCUT2D eigenvalue weighted by molar-refractivity contribution is 0.609. The van der Waals surface area contributed by atoms with E-state index in [1.165, 1.54) is 24.3 Å². The molecule has 2 nitrogen and oxygen atoms in total. The summed E-state index contributed by atoms with van der Waals surface area (Å²) in [5.41, 5.74) is 0.866. The molecular weight excluding hydrogens is 385 g/mol. The van der Waals surface area contributed by atoms with Gasteiger partial charge in [0.05, 0.1) is 20.1 Å². The minimum Gasteiger partial charge on any atom is -0.207 e. The second-order valence-electron chi connectivity index (χ2n) is 3.80. The van der Waals surface area contributed by atoms with E-state index in [2.05, 4.69) is 0 Å². The number of hydrogen-bond donors (Lipinski definition) is 0. The van der Waals surface area contributed by atoms with E-state index < -0.39 is 9.05 Å². The van der Waals surface area contributed by atoms with Gasteiger partial charge in [-0.2, -0.15) is 0 Å². The van der Waals surface area contributed by atoms with E-state index in [9.17, 15) is 8.42 Å². The van der Waals surface area contributed by atoms with Gasteiger partial charge in [0, 0.05) is 21.8 Å². The van der Waals surface area contributed by atoms with Crippen molar-refractivity contribution in [3.63, 3.8) is 0 Å². The second kappa shape index (κ2) is 5.91. The van der Waals surface area contributed by atoms with Crippen LogP contribution in [-0.2, 0) is 9.05 Å². The van der Waals surface area contributed by atoms with Gasteiger partial charge in [-0.1, -0.05) is 58.5 Å². The van der Waals surface area contributed by atoms with Crippen molar-refractivity contribution in [2.45, 2.75) is 4.90 Å². The highest BCUT2D eigenvalue weighted by Crippen LogP contribution is 2.40. The van der Waals surface area contributed by atoms with Gasteiger partial charge in [0.15, 0.2) is 0 Å². The van der Waals surface area contributed by atoms with Crippen LogP contribution in [0, 0.1) is 0 Å². The van der Waals surface area contributed by atoms with Crippen LogP contribution >= 0.6 is 57.1 Å². The summed E-state index contributed by atoms with van der Waals surface area (Å²) in [6.07, 6.45) is 0. The van der Waals surface area contributed by atoms with Gasteiger partial charge in [-0.15, -0.1) is 0 Å². The van der Waals surface area contributed by atoms with Crippen molar-refractivity contribution in [1.82, 2.24) is 0 Å². The van der Waals surface area contributed by atoms with E-state index in [-0.39, 0.29) is 20.0 Å². The first-order valence-corrected chi connectivity index (χ1v) is 8.92. The minimum absolute atomic E-state index is 0.0252. The molecule has 0 bridgehead atoms. The molecule has 8 heteroatoms. The van der Waals surface area contributed by atoms with Crippen LogP contribution in [0.2, 0.25) is 20.1 Å². The Morgan fingerprint density at radius 3 is 2.00 bits per heavy atom. The first-order valence-electron chi connectivity index (χ1n) is 5.10. The lowest BCUT2D eigenvalue weighted by Crippen LogP contribution is -1.94. The molecule has 0 aliphatic heterocycles. The van der Waals surface area contributed by atoms with Gasteiger partial charge in [-0.05, 0) is 18.2 Å². The minimum atomic E-state index is -3.96. The Hall–Kier alpha value is -0.160. The van der Waals surface area contributed by atoms with Gasteiger partial charge in [-0.3, -0.25) is 0 Å². The maximum Gasteiger partial charge on any atom is 0.262 e. The average molecular weight is 391 g/mol. The third-order valence-electron chi connectivity index (χ3n) is 2.53. The molecule has 0 aliphatic rings. The van der Waals surface area contributed by atoms with Gasteiger partial charge < -0.3 is 0 Å². The molecule has 0 unspecified atom stereocenters. The molecule has 2 aromatic rings. The third-order valence-corrected chi connectivity index (χ3v) is 5.44. The normalized spacial score (nSPS) is 11.7. The molecule has 0 amide bonds. The Labute approximate surface area is 140 Å². The molecule has 0 saturated heterocycles. The van der Waals surface area contributed by atoms with Gasteiger partial charge in [-0.25, -0.2) is 8.42 Å². The molecule has 0 N–H and O–H groups in total. The number of rotatable bonds is 2. The summed E-state index contributed by atoms with van der Waals surface area (Å²) in [4.78, 5) is -0.194. The van der Waals surface area contributed by atoms with Crippen LogP contribution in [0.4, 0.5) is 0 Å². The van der Waals surface area contributed by atoms with Gasteiger partial charge in [0.1, 0.15) is 4.90 Å². The fourth-order valence-electron chi connectivity index (χ4n) is 1.64. The van der Waals surface area contributed by atoms with E-state index in [0.29, 0.717) is 16.1 Å². The summed E-state index contributed by atoms with van der Waals surface area (Å²) < 4.78 is 22.9. The van der Waals surface area contributed by atoms with Gasteiger partial charge >= 0.3 is 0 Å². The van der Waals surface area contributed by atoms with Crippen molar-refractivity contribution in [3.8, 4) is 11.1 Å². The van der Waals surface area contributed by atoms with Crippen LogP contribution in [0.1, 0.15) is 0 Å². The number of benzene rings is 2. The maximum absolute atomic E-state index is 11.4. The van der Waals surface area contributed by atoms with E-state index >= 15 is 0 Å². The Morgan fingerprint density at radius 2 is 1.40 bits per heavy atom. The van der Waals surface area contributed by atoms with Crippen molar-refractivity contribution < 1.29 is 8.42 Å². The molecule has 20 heavy (non-hydrogen) atoms. The molecular formula is C12H5Cl5O2S. The fraction of sp³-hybridized carbons (Fsp3) is 0. The standard InChI is InChI=1S/C12H5Cl5O2S/c13-8-5-10(15)9(14)4-7(8)6-2-1-3-11(12(6)16)20(17,18)19/h1-5H. The smallest absolute Gasteiger partial charge is 0.207 e. The first-order chi connectivity index (χ1) is 9.21. The number of hydrogen-bond acceptors (Lipinski definition) is 2. The molecule has 0 aromatic heterocycles. The van der Waals surface area contributed by atoms with E-state index in [4.69, 9.17) is 57.1 Å². The average Bonchev–Trinajstić information content (AvgIpc) is 2.33. The van der Waals surface area contributed by atoms with E-state index in [1.54, 1.807) is 6.07 Å². The summed E-state index contributed by atoms with van der Waals surface area (Å²) in [5, 5.41) is 0.840. The highest BCUT2D eigenvalue weighted by atomic mass is 35.7. The van der Waals surface area contributed by atoms with Crippen LogP contribution in [0.5, 0.6) is 0 Å². The van der Waals surface area contributed by atoms with Crippen LogP contribution in [0.15, 0.2) is 35.2 Å². The summed E-state index contributed by atoms with van der Waals surface area (Å²) in [5.74, 6) is 0. The quantitative estimate of drug-likeness (QED) is 0.473. The Balaban J connectivity index is 2.75. The first kappa shape index (κ1) is 16.2. The van der Waals surface area contributed by atoms with E-state index in [1.807, 2.05) is 0 Å². The largest absolute Gasteiger partial charge is 0.262 e. The zero-order chi connectivity index (χ0) is 15.1. The lowest BCUT2D eigenvalue weighted by atomic mass is 10.1. The predicted octanol–water partition coefficient (Wildman–Crippen LogP) is 5.89. The molecule has 0 heterocycles. The lowest BCUT2D eigenvalue weighted by Gasteiger charge is -2.10. The summed E-state index contributed by atoms with van der Waals surface area (Å²) in [6.45, 7) is 0. The van der Waals surface area contributed by atoms with Crippen LogP contribution in [-0.4, -0.2) is 8.42 Å². The topological polar surface area (TPSA) is 34.1 Å². The molecule has 0 radical (unpaired) electrons. The highest BCUT2D eigenvalue weighted by molar-refractivity contribution is 8.13. The summed E-state index contributed by atoms with van der Waals surface area (Å²) in [6, 6.07) is 7.39. The predicted molar refractivity (Wildman–Crippen MR) is 85.0 cm³/mol. The second-order valence-corrected chi connectivity index (χ2v) is 7.94. The molecule has 2 rings (SSSR count). The molecule has 2 aromatic carbocycles. The van der Waals surface area contributed by atoms with Crippen LogP contribution in [0.3, 0.4) is 0 Å². The van der Waals surface area contributed by atoms with E-state index in [0.717, 1.165) is 0 Å². The molecule has 0 spiro atoms. The van der Waals surface area contributed by atoms with Crippen molar-refractivity contribution in [1.29, 1.82) is 0 Å². The summed E-state index contributed by atoms with van der Waals surface area (Å²) >= 11 is 24.0. The molecule has 106 valence electrons. The molecule has 0 fully saturated rings. The maximum atomic E-state index is 11.4. The van der Waals surface area contributed by atoms with Crippen molar-refractivity contribution >= 4 is 66.1 Å². The fourth-order valence-corrected chi connectivity index (χ4v) is 3.89. The summed E-state index contributed by atoms with van der Waals surface area (Å²) in [7, 11) is 1.37. The molecule has 0 saturated carbocycles. The van der Waals surface area contributed by atoms with Crippen LogP contribution in [0.25, 0.3) is 11.1 Å². The van der Waals surface area contributed by atoms with Crippen molar-refractivity contribution in [2.24, 2.45) is 0 Å². The molecule has 0 aliphatic carbocycles. The number of halogens is 5. The van der Waals surface area contributed by atoms with Gasteiger partial charge in [0.25, 0.3) is 9.05 Å². The Kier molecular flexibility index (Phi) is 4.80.